The quantitative estimate of drug-likeness (QED) is 0.892. The Bertz CT molecular complexity index is 714. The third-order valence-electron chi connectivity index (χ3n) is 2.67. The second-order valence-corrected chi connectivity index (χ2v) is 4.83. The van der Waals surface area contributed by atoms with Gasteiger partial charge in [0.25, 0.3) is 5.91 Å². The van der Waals surface area contributed by atoms with Crippen molar-refractivity contribution in [3.05, 3.63) is 63.4 Å². The Morgan fingerprint density at radius 2 is 1.57 bits per heavy atom. The van der Waals surface area contributed by atoms with Gasteiger partial charge in [0.1, 0.15) is 11.4 Å². The number of rotatable bonds is 3. The number of carbonyl (C=O) groups excluding carboxylic acids is 1. The van der Waals surface area contributed by atoms with Crippen LogP contribution in [-0.2, 0) is 0 Å². The van der Waals surface area contributed by atoms with Gasteiger partial charge in [-0.25, -0.2) is 9.18 Å². The molecule has 0 aliphatic rings. The van der Waals surface area contributed by atoms with Crippen LogP contribution in [0, 0.1) is 5.82 Å². The summed E-state index contributed by atoms with van der Waals surface area (Å²) in [6.45, 7) is 0. The first-order valence-corrected chi connectivity index (χ1v) is 6.44. The van der Waals surface area contributed by atoms with E-state index in [-0.39, 0.29) is 26.9 Å². The second kappa shape index (κ2) is 6.11. The summed E-state index contributed by atoms with van der Waals surface area (Å²) in [4.78, 5) is 23.2. The monoisotopic (exact) mass is 327 g/mol. The first-order chi connectivity index (χ1) is 9.91. The lowest BCUT2D eigenvalue weighted by atomic mass is 10.1. The molecule has 0 unspecified atom stereocenters. The first kappa shape index (κ1) is 15.3. The maximum absolute atomic E-state index is 13.7. The van der Waals surface area contributed by atoms with Crippen LogP contribution in [0.15, 0.2) is 36.4 Å². The minimum atomic E-state index is -1.31. The number of carboxylic acids is 1. The van der Waals surface area contributed by atoms with Gasteiger partial charge in [0, 0.05) is 0 Å². The summed E-state index contributed by atoms with van der Waals surface area (Å²) in [5.41, 5.74) is -0.685. The number of nitrogens with one attached hydrogen (secondary N) is 1. The summed E-state index contributed by atoms with van der Waals surface area (Å²) in [7, 11) is 0. The summed E-state index contributed by atoms with van der Waals surface area (Å²) < 4.78 is 13.7. The van der Waals surface area contributed by atoms with E-state index in [1.54, 1.807) is 0 Å². The minimum Gasteiger partial charge on any atom is -0.478 e. The van der Waals surface area contributed by atoms with E-state index in [1.807, 2.05) is 0 Å². The molecule has 7 heteroatoms. The van der Waals surface area contributed by atoms with Crippen molar-refractivity contribution >= 4 is 40.8 Å². The summed E-state index contributed by atoms with van der Waals surface area (Å²) in [5, 5.41) is 11.3. The van der Waals surface area contributed by atoms with Gasteiger partial charge in [-0.05, 0) is 24.3 Å². The fraction of sp³-hybridized carbons (Fsp3) is 0. The highest BCUT2D eigenvalue weighted by atomic mass is 35.5. The molecule has 21 heavy (non-hydrogen) atoms. The van der Waals surface area contributed by atoms with Gasteiger partial charge in [0.2, 0.25) is 0 Å². The Morgan fingerprint density at radius 3 is 2.14 bits per heavy atom. The molecule has 0 atom stereocenters. The van der Waals surface area contributed by atoms with Crippen molar-refractivity contribution in [3.8, 4) is 0 Å². The van der Waals surface area contributed by atoms with Crippen molar-refractivity contribution in [1.82, 2.24) is 0 Å². The van der Waals surface area contributed by atoms with Crippen LogP contribution < -0.4 is 5.32 Å². The van der Waals surface area contributed by atoms with E-state index in [0.29, 0.717) is 0 Å². The number of hydrogen-bond donors (Lipinski definition) is 2. The molecule has 1 amide bonds. The molecule has 0 saturated heterocycles. The topological polar surface area (TPSA) is 66.4 Å². The minimum absolute atomic E-state index is 0.0417. The first-order valence-electron chi connectivity index (χ1n) is 5.69. The van der Waals surface area contributed by atoms with Gasteiger partial charge in [-0.3, -0.25) is 4.79 Å². The van der Waals surface area contributed by atoms with Crippen LogP contribution in [0.1, 0.15) is 20.7 Å². The van der Waals surface area contributed by atoms with E-state index in [1.165, 1.54) is 30.3 Å². The summed E-state index contributed by atoms with van der Waals surface area (Å²) in [6.07, 6.45) is 0. The number of hydrogen-bond acceptors (Lipinski definition) is 2. The molecule has 0 aliphatic carbocycles. The van der Waals surface area contributed by atoms with Gasteiger partial charge >= 0.3 is 5.97 Å². The lowest BCUT2D eigenvalue weighted by Crippen LogP contribution is -2.17. The van der Waals surface area contributed by atoms with Crippen LogP contribution >= 0.6 is 23.2 Å². The van der Waals surface area contributed by atoms with Crippen LogP contribution in [0.3, 0.4) is 0 Å². The predicted octanol–water partition coefficient (Wildman–Crippen LogP) is 4.08. The van der Waals surface area contributed by atoms with Gasteiger partial charge in [-0.2, -0.15) is 0 Å². The maximum Gasteiger partial charge on any atom is 0.339 e. The highest BCUT2D eigenvalue weighted by Gasteiger charge is 2.20. The van der Waals surface area contributed by atoms with Crippen molar-refractivity contribution in [3.63, 3.8) is 0 Å². The van der Waals surface area contributed by atoms with Gasteiger partial charge < -0.3 is 10.4 Å². The number of benzene rings is 2. The Balaban J connectivity index is 2.42. The Labute approximate surface area is 129 Å². The third kappa shape index (κ3) is 3.15. The summed E-state index contributed by atoms with van der Waals surface area (Å²) in [6, 6.07) is 7.98. The number of anilines is 1. The number of amides is 1. The number of halogens is 3. The molecule has 0 fully saturated rings. The summed E-state index contributed by atoms with van der Waals surface area (Å²) in [5.74, 6) is -2.97. The van der Waals surface area contributed by atoms with E-state index in [9.17, 15) is 14.0 Å². The molecule has 0 bridgehead atoms. The molecule has 2 rings (SSSR count). The Kier molecular flexibility index (Phi) is 4.45. The van der Waals surface area contributed by atoms with Gasteiger partial charge in [-0.15, -0.1) is 0 Å². The fourth-order valence-corrected chi connectivity index (χ4v) is 2.25. The van der Waals surface area contributed by atoms with Gasteiger partial charge in [-0.1, -0.05) is 35.3 Å². The Hall–Kier alpha value is -2.11. The lowest BCUT2D eigenvalue weighted by molar-refractivity contribution is 0.0698. The highest BCUT2D eigenvalue weighted by Crippen LogP contribution is 2.26. The Morgan fingerprint density at radius 1 is 1.00 bits per heavy atom. The number of carboxylic acid groups (broad SMARTS) is 1. The molecule has 0 radical (unpaired) electrons. The third-order valence-corrected chi connectivity index (χ3v) is 3.30. The number of carbonyl (C=O) groups is 2. The molecule has 0 heterocycles. The highest BCUT2D eigenvalue weighted by molar-refractivity contribution is 6.35. The van der Waals surface area contributed by atoms with Crippen LogP contribution in [0.25, 0.3) is 0 Å². The largest absolute Gasteiger partial charge is 0.478 e. The van der Waals surface area contributed by atoms with Gasteiger partial charge in [0.05, 0.1) is 21.3 Å². The van der Waals surface area contributed by atoms with Crippen molar-refractivity contribution in [1.29, 1.82) is 0 Å². The molecule has 0 aromatic heterocycles. The zero-order valence-electron chi connectivity index (χ0n) is 10.4. The molecule has 2 N–H and O–H groups in total. The molecule has 2 aromatic carbocycles. The van der Waals surface area contributed by atoms with E-state index in [2.05, 4.69) is 5.32 Å². The van der Waals surface area contributed by atoms with E-state index in [0.717, 1.165) is 6.07 Å². The van der Waals surface area contributed by atoms with Crippen LogP contribution in [0.5, 0.6) is 0 Å². The molecule has 108 valence electrons. The standard InChI is InChI=1S/C14H8Cl2FNO3/c15-7-3-1-5-9(17)11(7)13(19)18-10-6-2-4-8(16)12(10)14(20)21/h1-6H,(H,18,19)(H,20,21). The molecule has 0 aliphatic heterocycles. The van der Waals surface area contributed by atoms with Crippen LogP contribution in [0.2, 0.25) is 10.0 Å². The molecular weight excluding hydrogens is 320 g/mol. The number of aromatic carboxylic acids is 1. The van der Waals surface area contributed by atoms with E-state index in [4.69, 9.17) is 28.3 Å². The average molecular weight is 328 g/mol. The maximum atomic E-state index is 13.7. The lowest BCUT2D eigenvalue weighted by Gasteiger charge is -2.11. The average Bonchev–Trinajstić information content (AvgIpc) is 2.37. The molecular formula is C14H8Cl2FNO3. The van der Waals surface area contributed by atoms with E-state index >= 15 is 0 Å². The van der Waals surface area contributed by atoms with Crippen molar-refractivity contribution in [2.75, 3.05) is 5.32 Å². The SMILES string of the molecule is O=C(Nc1cccc(Cl)c1C(=O)O)c1c(F)cccc1Cl. The fourth-order valence-electron chi connectivity index (χ4n) is 1.75. The molecule has 0 spiro atoms. The van der Waals surface area contributed by atoms with Crippen LogP contribution in [0.4, 0.5) is 10.1 Å². The van der Waals surface area contributed by atoms with Crippen molar-refractivity contribution < 1.29 is 19.1 Å². The summed E-state index contributed by atoms with van der Waals surface area (Å²) >= 11 is 11.6. The van der Waals surface area contributed by atoms with Crippen LogP contribution in [-0.4, -0.2) is 17.0 Å². The normalized spacial score (nSPS) is 10.2. The predicted molar refractivity (Wildman–Crippen MR) is 77.8 cm³/mol. The molecule has 4 nitrogen and oxygen atoms in total. The van der Waals surface area contributed by atoms with Crippen molar-refractivity contribution in [2.24, 2.45) is 0 Å². The zero-order chi connectivity index (χ0) is 15.6. The van der Waals surface area contributed by atoms with Crippen molar-refractivity contribution in [2.45, 2.75) is 0 Å². The molecule has 2 aromatic rings. The van der Waals surface area contributed by atoms with Gasteiger partial charge in [0.15, 0.2) is 0 Å². The van der Waals surface area contributed by atoms with E-state index < -0.39 is 17.7 Å². The zero-order valence-corrected chi connectivity index (χ0v) is 11.9. The smallest absolute Gasteiger partial charge is 0.339 e. The second-order valence-electron chi connectivity index (χ2n) is 4.02. The molecule has 0 saturated carbocycles.